The number of nitrogens with zero attached hydrogens (tertiary/aromatic N) is 3. The van der Waals surface area contributed by atoms with Crippen LogP contribution in [-0.2, 0) is 12.2 Å². The van der Waals surface area contributed by atoms with Gasteiger partial charge in [0.1, 0.15) is 11.6 Å². The van der Waals surface area contributed by atoms with E-state index in [-0.39, 0.29) is 0 Å². The number of piperidine rings is 1. The maximum atomic E-state index is 15.0. The maximum absolute atomic E-state index is 15.0. The SMILES string of the molecule is CCCNCc1ccc2nc(C3(F)CC3)nc(N3CCC(c4ccccc4OC)CC3)c2c1. The van der Waals surface area contributed by atoms with Gasteiger partial charge >= 0.3 is 0 Å². The Morgan fingerprint density at radius 3 is 2.64 bits per heavy atom. The Morgan fingerprint density at radius 2 is 1.91 bits per heavy atom. The molecule has 0 radical (unpaired) electrons. The quantitative estimate of drug-likeness (QED) is 0.463. The average Bonchev–Trinajstić information content (AvgIpc) is 3.62. The van der Waals surface area contributed by atoms with Gasteiger partial charge < -0.3 is 15.0 Å². The molecule has 5 rings (SSSR count). The van der Waals surface area contributed by atoms with Crippen molar-refractivity contribution in [2.24, 2.45) is 0 Å². The molecule has 1 aromatic heterocycles. The summed E-state index contributed by atoms with van der Waals surface area (Å²) in [7, 11) is 1.74. The largest absolute Gasteiger partial charge is 0.496 e. The number of rotatable bonds is 8. The van der Waals surface area contributed by atoms with Crippen LogP contribution < -0.4 is 15.0 Å². The summed E-state index contributed by atoms with van der Waals surface area (Å²) in [5.74, 6) is 2.65. The van der Waals surface area contributed by atoms with Gasteiger partial charge in [0.2, 0.25) is 0 Å². The molecule has 1 saturated heterocycles. The van der Waals surface area contributed by atoms with E-state index in [4.69, 9.17) is 9.72 Å². The molecule has 6 heteroatoms. The van der Waals surface area contributed by atoms with E-state index in [1.165, 1.54) is 11.1 Å². The van der Waals surface area contributed by atoms with Crippen molar-refractivity contribution in [3.05, 3.63) is 59.4 Å². The molecule has 0 amide bonds. The Labute approximate surface area is 195 Å². The molecule has 0 spiro atoms. The number of nitrogens with one attached hydrogen (secondary N) is 1. The zero-order chi connectivity index (χ0) is 22.8. The minimum absolute atomic E-state index is 0.355. The molecule has 3 aromatic rings. The van der Waals surface area contributed by atoms with Crippen LogP contribution in [0.2, 0.25) is 0 Å². The van der Waals surface area contributed by atoms with E-state index >= 15 is 0 Å². The number of aromatic nitrogens is 2. The second-order valence-electron chi connectivity index (χ2n) is 9.37. The Hall–Kier alpha value is -2.73. The maximum Gasteiger partial charge on any atom is 0.170 e. The van der Waals surface area contributed by atoms with Crippen molar-refractivity contribution in [3.63, 3.8) is 0 Å². The summed E-state index contributed by atoms with van der Waals surface area (Å²) in [6.07, 6.45) is 4.17. The lowest BCUT2D eigenvalue weighted by Crippen LogP contribution is -2.34. The molecule has 0 atom stereocenters. The highest BCUT2D eigenvalue weighted by molar-refractivity contribution is 5.90. The minimum atomic E-state index is -1.35. The molecule has 1 aliphatic carbocycles. The van der Waals surface area contributed by atoms with Crippen LogP contribution in [0.25, 0.3) is 10.9 Å². The van der Waals surface area contributed by atoms with Gasteiger partial charge in [-0.2, -0.15) is 0 Å². The first-order valence-corrected chi connectivity index (χ1v) is 12.2. The summed E-state index contributed by atoms with van der Waals surface area (Å²) in [6, 6.07) is 14.6. The van der Waals surface area contributed by atoms with Crippen LogP contribution in [0.1, 0.15) is 61.9 Å². The van der Waals surface area contributed by atoms with Crippen LogP contribution in [0.4, 0.5) is 10.2 Å². The van der Waals surface area contributed by atoms with Crippen LogP contribution >= 0.6 is 0 Å². The second-order valence-corrected chi connectivity index (χ2v) is 9.37. The molecule has 5 nitrogen and oxygen atoms in total. The highest BCUT2D eigenvalue weighted by Crippen LogP contribution is 2.49. The third-order valence-electron chi connectivity index (χ3n) is 6.96. The molecule has 1 saturated carbocycles. The van der Waals surface area contributed by atoms with Gasteiger partial charge in [0.25, 0.3) is 0 Å². The summed E-state index contributed by atoms with van der Waals surface area (Å²) >= 11 is 0. The molecular weight excluding hydrogens is 415 g/mol. The molecule has 2 aliphatic rings. The lowest BCUT2D eigenvalue weighted by atomic mass is 9.88. The number of para-hydroxylation sites is 1. The smallest absolute Gasteiger partial charge is 0.170 e. The van der Waals surface area contributed by atoms with E-state index < -0.39 is 5.67 Å². The lowest BCUT2D eigenvalue weighted by Gasteiger charge is -2.34. The topological polar surface area (TPSA) is 50.3 Å². The number of fused-ring (bicyclic) bond motifs is 1. The lowest BCUT2D eigenvalue weighted by molar-refractivity contribution is 0.301. The van der Waals surface area contributed by atoms with Crippen LogP contribution in [0.5, 0.6) is 5.75 Å². The first-order chi connectivity index (χ1) is 16.1. The molecule has 2 fully saturated rings. The fraction of sp³-hybridized carbons (Fsp3) is 0.481. The highest BCUT2D eigenvalue weighted by atomic mass is 19.1. The number of anilines is 1. The number of ether oxygens (including phenoxy) is 1. The van der Waals surface area contributed by atoms with Gasteiger partial charge in [-0.1, -0.05) is 31.2 Å². The third kappa shape index (κ3) is 4.54. The first kappa shape index (κ1) is 22.1. The molecule has 1 aliphatic heterocycles. The Kier molecular flexibility index (Phi) is 6.19. The summed E-state index contributed by atoms with van der Waals surface area (Å²) in [5, 5.41) is 4.49. The van der Waals surface area contributed by atoms with E-state index in [9.17, 15) is 4.39 Å². The molecule has 33 heavy (non-hydrogen) atoms. The normalized spacial score (nSPS) is 18.0. The fourth-order valence-corrected chi connectivity index (χ4v) is 4.86. The minimum Gasteiger partial charge on any atom is -0.496 e. The van der Waals surface area contributed by atoms with Crippen molar-refractivity contribution in [2.45, 2.75) is 57.2 Å². The van der Waals surface area contributed by atoms with Crippen molar-refractivity contribution < 1.29 is 9.13 Å². The summed E-state index contributed by atoms with van der Waals surface area (Å²) < 4.78 is 20.6. The number of alkyl halides is 1. The molecule has 0 bridgehead atoms. The summed E-state index contributed by atoms with van der Waals surface area (Å²) in [5.41, 5.74) is 1.97. The zero-order valence-electron chi connectivity index (χ0n) is 19.6. The second kappa shape index (κ2) is 9.26. The predicted molar refractivity (Wildman–Crippen MR) is 131 cm³/mol. The molecular formula is C27H33FN4O. The van der Waals surface area contributed by atoms with Gasteiger partial charge in [0.05, 0.1) is 12.6 Å². The monoisotopic (exact) mass is 448 g/mol. The Morgan fingerprint density at radius 1 is 1.12 bits per heavy atom. The van der Waals surface area contributed by atoms with Crippen molar-refractivity contribution in [3.8, 4) is 5.75 Å². The van der Waals surface area contributed by atoms with Gasteiger partial charge in [-0.15, -0.1) is 0 Å². The van der Waals surface area contributed by atoms with E-state index in [0.29, 0.717) is 24.6 Å². The van der Waals surface area contributed by atoms with Crippen molar-refractivity contribution in [1.29, 1.82) is 0 Å². The summed E-state index contributed by atoms with van der Waals surface area (Å²) in [6.45, 7) is 5.73. The first-order valence-electron chi connectivity index (χ1n) is 12.2. The number of halogens is 1. The zero-order valence-corrected chi connectivity index (χ0v) is 19.6. The molecule has 2 heterocycles. The number of hydrogen-bond acceptors (Lipinski definition) is 5. The number of benzene rings is 2. The van der Waals surface area contributed by atoms with Gasteiger partial charge in [0.15, 0.2) is 11.5 Å². The van der Waals surface area contributed by atoms with Crippen LogP contribution in [0.15, 0.2) is 42.5 Å². The van der Waals surface area contributed by atoms with Crippen molar-refractivity contribution in [2.75, 3.05) is 31.6 Å². The van der Waals surface area contributed by atoms with Crippen LogP contribution in [0, 0.1) is 0 Å². The average molecular weight is 449 g/mol. The van der Waals surface area contributed by atoms with Gasteiger partial charge in [-0.25, -0.2) is 14.4 Å². The van der Waals surface area contributed by atoms with Crippen molar-refractivity contribution >= 4 is 16.7 Å². The van der Waals surface area contributed by atoms with Gasteiger partial charge in [0, 0.05) is 25.0 Å². The Balaban J connectivity index is 1.44. The van der Waals surface area contributed by atoms with Gasteiger partial charge in [-0.05, 0) is 73.9 Å². The molecule has 174 valence electrons. The van der Waals surface area contributed by atoms with Gasteiger partial charge in [-0.3, -0.25) is 0 Å². The van der Waals surface area contributed by atoms with E-state index in [2.05, 4.69) is 46.4 Å². The standard InChI is InChI=1S/C27H33FN4O/c1-3-14-29-18-19-8-9-23-22(17-19)25(31-26(30-23)27(28)12-13-27)32-15-10-20(11-16-32)21-6-4-5-7-24(21)33-2/h4-9,17,20,29H,3,10-16,18H2,1-2H3. The van der Waals surface area contributed by atoms with E-state index in [1.54, 1.807) is 7.11 Å². The third-order valence-corrected chi connectivity index (χ3v) is 6.96. The van der Waals surface area contributed by atoms with E-state index in [0.717, 1.165) is 67.9 Å². The van der Waals surface area contributed by atoms with Crippen LogP contribution in [-0.4, -0.2) is 36.7 Å². The fourth-order valence-electron chi connectivity index (χ4n) is 4.86. The summed E-state index contributed by atoms with van der Waals surface area (Å²) in [4.78, 5) is 11.8. The Bertz CT molecular complexity index is 1120. The molecule has 2 aromatic carbocycles. The number of hydrogen-bond donors (Lipinski definition) is 1. The number of methoxy groups -OCH3 is 1. The highest BCUT2D eigenvalue weighted by Gasteiger charge is 2.48. The molecule has 0 unspecified atom stereocenters. The van der Waals surface area contributed by atoms with Crippen LogP contribution in [0.3, 0.4) is 0 Å². The molecule has 1 N–H and O–H groups in total. The van der Waals surface area contributed by atoms with E-state index in [1.807, 2.05) is 18.2 Å². The van der Waals surface area contributed by atoms with Crippen molar-refractivity contribution in [1.82, 2.24) is 15.3 Å². The predicted octanol–water partition coefficient (Wildman–Crippen LogP) is 5.48.